The number of para-hydroxylation sites is 1. The van der Waals surface area contributed by atoms with Crippen LogP contribution in [0.25, 0.3) is 0 Å². The minimum absolute atomic E-state index is 0.0454. The molecule has 2 rings (SSSR count). The smallest absolute Gasteiger partial charge is 0.339 e. The highest BCUT2D eigenvalue weighted by Gasteiger charge is 2.15. The molecule has 0 saturated carbocycles. The second-order valence-corrected chi connectivity index (χ2v) is 4.25. The first-order chi connectivity index (χ1) is 8.58. The van der Waals surface area contributed by atoms with Crippen molar-refractivity contribution >= 4 is 17.6 Å². The van der Waals surface area contributed by atoms with Gasteiger partial charge < -0.3 is 9.84 Å². The van der Waals surface area contributed by atoms with Crippen LogP contribution in [0.4, 0.5) is 0 Å². The van der Waals surface area contributed by atoms with Crippen molar-refractivity contribution in [2.45, 2.75) is 6.92 Å². The quantitative estimate of drug-likeness (QED) is 0.904. The molecule has 0 fully saturated rings. The van der Waals surface area contributed by atoms with E-state index < -0.39 is 5.97 Å². The number of hydrogen-bond donors (Lipinski definition) is 1. The van der Waals surface area contributed by atoms with Gasteiger partial charge in [0.15, 0.2) is 5.75 Å². The summed E-state index contributed by atoms with van der Waals surface area (Å²) in [5, 5.41) is 9.36. The molecule has 3 nitrogen and oxygen atoms in total. The summed E-state index contributed by atoms with van der Waals surface area (Å²) in [6, 6.07) is 12.0. The largest absolute Gasteiger partial charge is 0.478 e. The molecule has 2 aromatic carbocycles. The minimum atomic E-state index is -1.07. The number of benzene rings is 2. The Morgan fingerprint density at radius 2 is 1.94 bits per heavy atom. The van der Waals surface area contributed by atoms with Gasteiger partial charge in [0.25, 0.3) is 0 Å². The van der Waals surface area contributed by atoms with Crippen molar-refractivity contribution in [2.24, 2.45) is 0 Å². The number of ether oxygens (including phenoxy) is 1. The van der Waals surface area contributed by atoms with Crippen LogP contribution < -0.4 is 4.74 Å². The van der Waals surface area contributed by atoms with Crippen molar-refractivity contribution in [1.82, 2.24) is 0 Å². The standard InChI is InChI=1S/C14H11ClO3/c1-9-4-2-5-10(8-9)18-13-11(14(16)17)6-3-7-12(13)15/h2-8H,1H3,(H,16,17). The number of carbonyl (C=O) groups is 1. The zero-order chi connectivity index (χ0) is 13.1. The maximum atomic E-state index is 11.1. The van der Waals surface area contributed by atoms with E-state index in [0.717, 1.165) is 5.56 Å². The molecule has 0 heterocycles. The SMILES string of the molecule is Cc1cccc(Oc2c(Cl)cccc2C(=O)O)c1. The number of carboxylic acids is 1. The van der Waals surface area contributed by atoms with Crippen LogP contribution in [0.3, 0.4) is 0 Å². The number of aryl methyl sites for hydroxylation is 1. The fourth-order valence-electron chi connectivity index (χ4n) is 1.58. The average Bonchev–Trinajstić information content (AvgIpc) is 2.31. The first-order valence-electron chi connectivity index (χ1n) is 5.34. The van der Waals surface area contributed by atoms with E-state index in [0.29, 0.717) is 5.75 Å². The maximum absolute atomic E-state index is 11.1. The Kier molecular flexibility index (Phi) is 3.53. The molecule has 0 aliphatic heterocycles. The highest BCUT2D eigenvalue weighted by Crippen LogP contribution is 2.33. The lowest BCUT2D eigenvalue weighted by atomic mass is 10.2. The van der Waals surface area contributed by atoms with Gasteiger partial charge in [-0.3, -0.25) is 0 Å². The third kappa shape index (κ3) is 2.63. The fourth-order valence-corrected chi connectivity index (χ4v) is 1.79. The van der Waals surface area contributed by atoms with E-state index in [1.54, 1.807) is 18.2 Å². The van der Waals surface area contributed by atoms with Gasteiger partial charge in [0, 0.05) is 0 Å². The van der Waals surface area contributed by atoms with Crippen LogP contribution in [0.15, 0.2) is 42.5 Å². The topological polar surface area (TPSA) is 46.5 Å². The third-order valence-corrected chi connectivity index (χ3v) is 2.70. The van der Waals surface area contributed by atoms with E-state index in [1.807, 2.05) is 25.1 Å². The van der Waals surface area contributed by atoms with Gasteiger partial charge in [-0.15, -0.1) is 0 Å². The molecule has 4 heteroatoms. The second-order valence-electron chi connectivity index (χ2n) is 3.84. The van der Waals surface area contributed by atoms with E-state index in [4.69, 9.17) is 21.4 Å². The summed E-state index contributed by atoms with van der Waals surface area (Å²) >= 11 is 5.97. The average molecular weight is 263 g/mol. The Hall–Kier alpha value is -2.00. The molecule has 2 aromatic rings. The molecular weight excluding hydrogens is 252 g/mol. The minimum Gasteiger partial charge on any atom is -0.478 e. The van der Waals surface area contributed by atoms with Gasteiger partial charge in [-0.05, 0) is 36.8 Å². The van der Waals surface area contributed by atoms with E-state index >= 15 is 0 Å². The molecule has 0 amide bonds. The van der Waals surface area contributed by atoms with Crippen LogP contribution in [-0.4, -0.2) is 11.1 Å². The van der Waals surface area contributed by atoms with Crippen LogP contribution in [0.2, 0.25) is 5.02 Å². The highest BCUT2D eigenvalue weighted by molar-refractivity contribution is 6.32. The van der Waals surface area contributed by atoms with Gasteiger partial charge in [-0.1, -0.05) is 29.8 Å². The number of rotatable bonds is 3. The molecule has 0 bridgehead atoms. The Bertz CT molecular complexity index is 593. The van der Waals surface area contributed by atoms with Gasteiger partial charge in [0.1, 0.15) is 11.3 Å². The summed E-state index contributed by atoms with van der Waals surface area (Å²) < 4.78 is 5.57. The first kappa shape index (κ1) is 12.5. The Labute approximate surface area is 110 Å². The van der Waals surface area contributed by atoms with Crippen molar-refractivity contribution in [2.75, 3.05) is 0 Å². The molecule has 0 radical (unpaired) electrons. The molecular formula is C14H11ClO3. The van der Waals surface area contributed by atoms with Gasteiger partial charge in [-0.25, -0.2) is 4.79 Å². The lowest BCUT2D eigenvalue weighted by molar-refractivity contribution is 0.0694. The van der Waals surface area contributed by atoms with E-state index in [2.05, 4.69) is 0 Å². The lowest BCUT2D eigenvalue weighted by Crippen LogP contribution is -2.00. The predicted octanol–water partition coefficient (Wildman–Crippen LogP) is 4.14. The molecule has 1 N–H and O–H groups in total. The predicted molar refractivity (Wildman–Crippen MR) is 69.7 cm³/mol. The summed E-state index contributed by atoms with van der Waals surface area (Å²) in [6.07, 6.45) is 0. The molecule has 0 aromatic heterocycles. The molecule has 0 saturated heterocycles. The summed E-state index contributed by atoms with van der Waals surface area (Å²) in [7, 11) is 0. The molecule has 0 aliphatic rings. The monoisotopic (exact) mass is 262 g/mol. The van der Waals surface area contributed by atoms with Crippen LogP contribution >= 0.6 is 11.6 Å². The zero-order valence-electron chi connectivity index (χ0n) is 9.68. The van der Waals surface area contributed by atoms with Gasteiger partial charge in [0.2, 0.25) is 0 Å². The number of aromatic carboxylic acids is 1. The number of hydrogen-bond acceptors (Lipinski definition) is 2. The highest BCUT2D eigenvalue weighted by atomic mass is 35.5. The van der Waals surface area contributed by atoms with Crippen molar-refractivity contribution in [3.63, 3.8) is 0 Å². The summed E-state index contributed by atoms with van der Waals surface area (Å²) in [4.78, 5) is 11.1. The van der Waals surface area contributed by atoms with Gasteiger partial charge in [-0.2, -0.15) is 0 Å². The van der Waals surface area contributed by atoms with E-state index in [-0.39, 0.29) is 16.3 Å². The van der Waals surface area contributed by atoms with Gasteiger partial charge in [0.05, 0.1) is 5.02 Å². The zero-order valence-corrected chi connectivity index (χ0v) is 10.4. The van der Waals surface area contributed by atoms with Crippen LogP contribution in [0.1, 0.15) is 15.9 Å². The van der Waals surface area contributed by atoms with Gasteiger partial charge >= 0.3 is 5.97 Å². The third-order valence-electron chi connectivity index (χ3n) is 2.41. The second kappa shape index (κ2) is 5.10. The fraction of sp³-hybridized carbons (Fsp3) is 0.0714. The summed E-state index contributed by atoms with van der Waals surface area (Å²) in [5.74, 6) is -0.344. The first-order valence-corrected chi connectivity index (χ1v) is 5.72. The molecule has 0 unspecified atom stereocenters. The maximum Gasteiger partial charge on any atom is 0.339 e. The van der Waals surface area contributed by atoms with Crippen molar-refractivity contribution in [3.8, 4) is 11.5 Å². The Morgan fingerprint density at radius 3 is 2.61 bits per heavy atom. The van der Waals surface area contributed by atoms with E-state index in [1.165, 1.54) is 6.07 Å². The molecule has 0 spiro atoms. The molecule has 92 valence electrons. The molecule has 18 heavy (non-hydrogen) atoms. The molecule has 0 aliphatic carbocycles. The van der Waals surface area contributed by atoms with Crippen molar-refractivity contribution < 1.29 is 14.6 Å². The summed E-state index contributed by atoms with van der Waals surface area (Å²) in [5.41, 5.74) is 1.07. The molecule has 0 atom stereocenters. The Morgan fingerprint density at radius 1 is 1.22 bits per heavy atom. The van der Waals surface area contributed by atoms with Crippen molar-refractivity contribution in [3.05, 3.63) is 58.6 Å². The van der Waals surface area contributed by atoms with Crippen LogP contribution in [0.5, 0.6) is 11.5 Å². The number of carboxylic acid groups (broad SMARTS) is 1. The normalized spacial score (nSPS) is 10.1. The van der Waals surface area contributed by atoms with Crippen LogP contribution in [0, 0.1) is 6.92 Å². The van der Waals surface area contributed by atoms with Crippen LogP contribution in [-0.2, 0) is 0 Å². The number of halogens is 1. The Balaban J connectivity index is 2.42. The van der Waals surface area contributed by atoms with Crippen molar-refractivity contribution in [1.29, 1.82) is 0 Å². The van der Waals surface area contributed by atoms with E-state index in [9.17, 15) is 4.79 Å². The lowest BCUT2D eigenvalue weighted by Gasteiger charge is -2.10. The summed E-state index contributed by atoms with van der Waals surface area (Å²) in [6.45, 7) is 1.93.